The fourth-order valence-corrected chi connectivity index (χ4v) is 3.34. The van der Waals surface area contributed by atoms with E-state index in [2.05, 4.69) is 20.6 Å². The molecular formula is C23H25ClFN5O3. The number of hydrogen-bond donors (Lipinski definition) is 2. The largest absolute Gasteiger partial charge is 0.481 e. The van der Waals surface area contributed by atoms with Crippen LogP contribution in [0.4, 0.5) is 10.3 Å². The van der Waals surface area contributed by atoms with Crippen LogP contribution in [0, 0.1) is 5.82 Å². The molecular weight excluding hydrogens is 449 g/mol. The highest BCUT2D eigenvalue weighted by atomic mass is 35.5. The topological polar surface area (TPSA) is 98.1 Å². The van der Waals surface area contributed by atoms with E-state index in [1.807, 2.05) is 0 Å². The molecule has 0 fully saturated rings. The Labute approximate surface area is 195 Å². The Kier molecular flexibility index (Phi) is 8.77. The number of ether oxygens (including phenoxy) is 1. The molecule has 8 nitrogen and oxygen atoms in total. The average molecular weight is 474 g/mol. The van der Waals surface area contributed by atoms with Crippen LogP contribution in [0.2, 0.25) is 5.02 Å². The van der Waals surface area contributed by atoms with Crippen LogP contribution >= 0.6 is 11.6 Å². The van der Waals surface area contributed by atoms with Crippen molar-refractivity contribution in [2.75, 3.05) is 25.5 Å². The highest BCUT2D eigenvalue weighted by molar-refractivity contribution is 6.30. The zero-order valence-electron chi connectivity index (χ0n) is 18.2. The number of benzene rings is 1. The van der Waals surface area contributed by atoms with Gasteiger partial charge in [-0.25, -0.2) is 9.37 Å². The molecule has 0 atom stereocenters. The second kappa shape index (κ2) is 12.0. The number of pyridine rings is 1. The zero-order chi connectivity index (χ0) is 23.6. The average Bonchev–Trinajstić information content (AvgIpc) is 2.82. The molecule has 0 aliphatic rings. The van der Waals surface area contributed by atoms with E-state index in [9.17, 15) is 14.0 Å². The monoisotopic (exact) mass is 473 g/mol. The third kappa shape index (κ3) is 7.01. The van der Waals surface area contributed by atoms with Crippen LogP contribution in [0.25, 0.3) is 0 Å². The van der Waals surface area contributed by atoms with Gasteiger partial charge in [0.1, 0.15) is 11.4 Å². The van der Waals surface area contributed by atoms with Gasteiger partial charge in [0.25, 0.3) is 11.5 Å². The highest BCUT2D eigenvalue weighted by Crippen LogP contribution is 2.16. The molecule has 1 aromatic carbocycles. The summed E-state index contributed by atoms with van der Waals surface area (Å²) in [6, 6.07) is 9.06. The lowest BCUT2D eigenvalue weighted by Gasteiger charge is -2.10. The van der Waals surface area contributed by atoms with Gasteiger partial charge in [-0.1, -0.05) is 17.7 Å². The fraction of sp³-hybridized carbons (Fsp3) is 0.304. The van der Waals surface area contributed by atoms with E-state index in [0.717, 1.165) is 19.3 Å². The van der Waals surface area contributed by atoms with Gasteiger partial charge in [-0.15, -0.1) is 0 Å². The van der Waals surface area contributed by atoms with Crippen LogP contribution in [-0.4, -0.2) is 40.6 Å². The standard InChI is InChI=1S/C23H25ClFN5O3/c1-33-20-9-12-28-23(29-20)27-11-4-2-3-10-26-21(31)17-6-5-13-30(22(17)32)15-16-7-8-19(25)18(24)14-16/h5-9,12-14H,2-4,10-11,15H2,1H3,(H,26,31)(H,27,28,29). The number of nitrogens with one attached hydrogen (secondary N) is 2. The van der Waals surface area contributed by atoms with E-state index in [1.165, 1.54) is 22.8 Å². The summed E-state index contributed by atoms with van der Waals surface area (Å²) in [5, 5.41) is 5.90. The first kappa shape index (κ1) is 24.2. The maximum absolute atomic E-state index is 13.3. The van der Waals surface area contributed by atoms with Gasteiger partial charge in [-0.05, 0) is 49.1 Å². The number of halogens is 2. The number of amides is 1. The van der Waals surface area contributed by atoms with Crippen LogP contribution in [0.15, 0.2) is 53.6 Å². The van der Waals surface area contributed by atoms with Crippen molar-refractivity contribution in [3.63, 3.8) is 0 Å². The first-order chi connectivity index (χ1) is 16.0. The molecule has 2 N–H and O–H groups in total. The maximum Gasteiger partial charge on any atom is 0.263 e. The Balaban J connectivity index is 1.43. The predicted octanol–water partition coefficient (Wildman–Crippen LogP) is 3.50. The summed E-state index contributed by atoms with van der Waals surface area (Å²) in [4.78, 5) is 33.4. The Morgan fingerprint density at radius 2 is 2.00 bits per heavy atom. The first-order valence-electron chi connectivity index (χ1n) is 10.5. The van der Waals surface area contributed by atoms with Crippen molar-refractivity contribution >= 4 is 23.5 Å². The smallest absolute Gasteiger partial charge is 0.263 e. The second-order valence-corrected chi connectivity index (χ2v) is 7.68. The van der Waals surface area contributed by atoms with E-state index < -0.39 is 17.3 Å². The van der Waals surface area contributed by atoms with Gasteiger partial charge in [0.2, 0.25) is 11.8 Å². The summed E-state index contributed by atoms with van der Waals surface area (Å²) >= 11 is 5.81. The van der Waals surface area contributed by atoms with E-state index in [-0.39, 0.29) is 17.1 Å². The molecule has 0 radical (unpaired) electrons. The first-order valence-corrected chi connectivity index (χ1v) is 10.9. The molecule has 1 amide bonds. The van der Waals surface area contributed by atoms with Crippen molar-refractivity contribution in [1.29, 1.82) is 0 Å². The molecule has 0 saturated carbocycles. The van der Waals surface area contributed by atoms with Crippen molar-refractivity contribution in [2.45, 2.75) is 25.8 Å². The number of rotatable bonds is 11. The third-order valence-electron chi connectivity index (χ3n) is 4.86. The minimum absolute atomic E-state index is 0.0133. The number of aromatic nitrogens is 3. The molecule has 174 valence electrons. The maximum atomic E-state index is 13.3. The van der Waals surface area contributed by atoms with Crippen molar-refractivity contribution in [3.8, 4) is 5.88 Å². The van der Waals surface area contributed by atoms with Gasteiger partial charge in [-0.2, -0.15) is 4.98 Å². The number of methoxy groups -OCH3 is 1. The molecule has 0 bridgehead atoms. The predicted molar refractivity (Wildman–Crippen MR) is 124 cm³/mol. The third-order valence-corrected chi connectivity index (χ3v) is 5.15. The van der Waals surface area contributed by atoms with Crippen molar-refractivity contribution in [3.05, 3.63) is 81.1 Å². The normalized spacial score (nSPS) is 10.6. The second-order valence-electron chi connectivity index (χ2n) is 7.27. The molecule has 3 rings (SSSR count). The van der Waals surface area contributed by atoms with Gasteiger partial charge in [0.15, 0.2) is 0 Å². The lowest BCUT2D eigenvalue weighted by Crippen LogP contribution is -2.33. The van der Waals surface area contributed by atoms with Crippen molar-refractivity contribution < 1.29 is 13.9 Å². The summed E-state index contributed by atoms with van der Waals surface area (Å²) in [7, 11) is 1.55. The van der Waals surface area contributed by atoms with E-state index in [0.29, 0.717) is 30.5 Å². The number of carbonyl (C=O) groups is 1. The van der Waals surface area contributed by atoms with E-state index in [1.54, 1.807) is 37.7 Å². The van der Waals surface area contributed by atoms with Crippen LogP contribution in [0.5, 0.6) is 5.88 Å². The van der Waals surface area contributed by atoms with Gasteiger partial charge >= 0.3 is 0 Å². The van der Waals surface area contributed by atoms with Crippen molar-refractivity contribution in [1.82, 2.24) is 19.9 Å². The summed E-state index contributed by atoms with van der Waals surface area (Å²) in [5.41, 5.74) is 0.300. The number of hydrogen-bond acceptors (Lipinski definition) is 6. The van der Waals surface area contributed by atoms with Crippen LogP contribution in [0.1, 0.15) is 35.2 Å². The highest BCUT2D eigenvalue weighted by Gasteiger charge is 2.12. The quantitative estimate of drug-likeness (QED) is 0.414. The Morgan fingerprint density at radius 3 is 2.79 bits per heavy atom. The molecule has 0 spiro atoms. The number of anilines is 1. The Morgan fingerprint density at radius 1 is 1.18 bits per heavy atom. The van der Waals surface area contributed by atoms with Crippen molar-refractivity contribution in [2.24, 2.45) is 0 Å². The minimum atomic E-state index is -0.523. The lowest BCUT2D eigenvalue weighted by atomic mass is 10.2. The molecule has 33 heavy (non-hydrogen) atoms. The van der Waals surface area contributed by atoms with Crippen LogP contribution in [-0.2, 0) is 6.54 Å². The number of carbonyl (C=O) groups excluding carboxylic acids is 1. The van der Waals surface area contributed by atoms with Gasteiger partial charge in [0.05, 0.1) is 18.7 Å². The fourth-order valence-electron chi connectivity index (χ4n) is 3.13. The number of unbranched alkanes of at least 4 members (excludes halogenated alkanes) is 2. The summed E-state index contributed by atoms with van der Waals surface area (Å²) in [6.45, 7) is 1.33. The van der Waals surface area contributed by atoms with Crippen LogP contribution < -0.4 is 20.9 Å². The van der Waals surface area contributed by atoms with Gasteiger partial charge in [-0.3, -0.25) is 9.59 Å². The van der Waals surface area contributed by atoms with Crippen LogP contribution in [0.3, 0.4) is 0 Å². The SMILES string of the molecule is COc1ccnc(NCCCCCNC(=O)c2cccn(Cc3ccc(F)c(Cl)c3)c2=O)n1. The molecule has 10 heteroatoms. The number of nitrogens with zero attached hydrogens (tertiary/aromatic N) is 3. The summed E-state index contributed by atoms with van der Waals surface area (Å²) in [6.07, 6.45) is 5.71. The molecule has 2 heterocycles. The van der Waals surface area contributed by atoms with E-state index in [4.69, 9.17) is 16.3 Å². The minimum Gasteiger partial charge on any atom is -0.481 e. The Bertz CT molecular complexity index is 1150. The Hall–Kier alpha value is -3.46. The molecule has 0 unspecified atom stereocenters. The molecule has 0 aliphatic carbocycles. The molecule has 2 aromatic heterocycles. The molecule has 0 saturated heterocycles. The summed E-state index contributed by atoms with van der Waals surface area (Å²) in [5.74, 6) is 0.0577. The van der Waals surface area contributed by atoms with Gasteiger partial charge < -0.3 is 19.9 Å². The van der Waals surface area contributed by atoms with E-state index >= 15 is 0 Å². The zero-order valence-corrected chi connectivity index (χ0v) is 18.9. The summed E-state index contributed by atoms with van der Waals surface area (Å²) < 4.78 is 19.8. The molecule has 0 aliphatic heterocycles. The molecule has 3 aromatic rings. The van der Waals surface area contributed by atoms with Gasteiger partial charge in [0, 0.05) is 31.5 Å². The lowest BCUT2D eigenvalue weighted by molar-refractivity contribution is 0.0951.